The minimum absolute atomic E-state index is 0.121. The summed E-state index contributed by atoms with van der Waals surface area (Å²) in [7, 11) is 0. The number of rotatable bonds is 3. The van der Waals surface area contributed by atoms with E-state index in [9.17, 15) is 8.78 Å². The number of ether oxygens (including phenoxy) is 1. The average molecular weight is 225 g/mol. The highest BCUT2D eigenvalue weighted by atomic mass is 19.3. The van der Waals surface area contributed by atoms with Crippen LogP contribution in [0.4, 0.5) is 8.78 Å². The maximum absolute atomic E-state index is 11.9. The number of hydrogen-bond acceptors (Lipinski definition) is 3. The van der Waals surface area contributed by atoms with Gasteiger partial charge in [-0.25, -0.2) is 9.67 Å². The lowest BCUT2D eigenvalue weighted by molar-refractivity contribution is -0.0498. The number of aromatic nitrogens is 3. The summed E-state index contributed by atoms with van der Waals surface area (Å²) >= 11 is 0. The van der Waals surface area contributed by atoms with Gasteiger partial charge in [0.05, 0.1) is 5.69 Å². The molecule has 0 aliphatic rings. The molecule has 0 atom stereocenters. The van der Waals surface area contributed by atoms with Crippen molar-refractivity contribution in [3.63, 3.8) is 0 Å². The summed E-state index contributed by atoms with van der Waals surface area (Å²) in [4.78, 5) is 3.96. The van der Waals surface area contributed by atoms with Crippen LogP contribution in [0.2, 0.25) is 0 Å². The molecular weight excluding hydrogens is 216 g/mol. The Morgan fingerprint density at radius 2 is 1.94 bits per heavy atom. The molecule has 0 saturated carbocycles. The molecule has 0 aliphatic carbocycles. The van der Waals surface area contributed by atoms with Crippen molar-refractivity contribution < 1.29 is 13.5 Å². The van der Waals surface area contributed by atoms with E-state index in [-0.39, 0.29) is 5.75 Å². The van der Waals surface area contributed by atoms with Crippen LogP contribution in [0.5, 0.6) is 5.75 Å². The fourth-order valence-electron chi connectivity index (χ4n) is 1.25. The van der Waals surface area contributed by atoms with Crippen molar-refractivity contribution in [2.24, 2.45) is 0 Å². The first-order chi connectivity index (χ1) is 7.65. The van der Waals surface area contributed by atoms with Crippen molar-refractivity contribution in [2.75, 3.05) is 0 Å². The summed E-state index contributed by atoms with van der Waals surface area (Å²) in [6.45, 7) is -1.04. The standard InChI is InChI=1S/C10H9F2N3O/c1-7-13-6-15(14-7)8-2-4-9(5-3-8)16-10(11)12/h2-6,10H,1H3. The minimum atomic E-state index is -2.81. The van der Waals surface area contributed by atoms with E-state index in [1.54, 1.807) is 30.1 Å². The van der Waals surface area contributed by atoms with Crippen molar-refractivity contribution in [3.8, 4) is 11.4 Å². The van der Waals surface area contributed by atoms with Crippen LogP contribution in [0.25, 0.3) is 5.69 Å². The second-order valence-electron chi connectivity index (χ2n) is 3.11. The first-order valence-corrected chi connectivity index (χ1v) is 4.58. The van der Waals surface area contributed by atoms with Gasteiger partial charge in [-0.3, -0.25) is 0 Å². The number of hydrogen-bond donors (Lipinski definition) is 0. The van der Waals surface area contributed by atoms with Gasteiger partial charge in [0.15, 0.2) is 0 Å². The molecular formula is C10H9F2N3O. The number of halogens is 2. The predicted molar refractivity (Wildman–Crippen MR) is 52.7 cm³/mol. The molecule has 1 aromatic carbocycles. The molecule has 4 nitrogen and oxygen atoms in total. The summed E-state index contributed by atoms with van der Waals surface area (Å²) in [6, 6.07) is 6.18. The first kappa shape index (κ1) is 10.5. The summed E-state index contributed by atoms with van der Waals surface area (Å²) in [5, 5.41) is 4.09. The topological polar surface area (TPSA) is 39.9 Å². The largest absolute Gasteiger partial charge is 0.435 e. The Balaban J connectivity index is 2.19. The van der Waals surface area contributed by atoms with Gasteiger partial charge in [-0.1, -0.05) is 0 Å². The molecule has 1 heterocycles. The molecule has 0 unspecified atom stereocenters. The summed E-state index contributed by atoms with van der Waals surface area (Å²) in [5.74, 6) is 0.767. The van der Waals surface area contributed by atoms with Crippen LogP contribution >= 0.6 is 0 Å². The van der Waals surface area contributed by atoms with Crippen molar-refractivity contribution in [2.45, 2.75) is 13.5 Å². The van der Waals surface area contributed by atoms with Crippen LogP contribution in [-0.4, -0.2) is 21.4 Å². The third kappa shape index (κ3) is 2.33. The van der Waals surface area contributed by atoms with Crippen LogP contribution in [0.1, 0.15) is 5.82 Å². The zero-order valence-electron chi connectivity index (χ0n) is 8.47. The molecule has 0 saturated heterocycles. The highest BCUT2D eigenvalue weighted by molar-refractivity contribution is 5.36. The van der Waals surface area contributed by atoms with E-state index < -0.39 is 6.61 Å². The van der Waals surface area contributed by atoms with E-state index in [4.69, 9.17) is 0 Å². The highest BCUT2D eigenvalue weighted by Crippen LogP contribution is 2.16. The van der Waals surface area contributed by atoms with Crippen LogP contribution in [0.15, 0.2) is 30.6 Å². The normalized spacial score (nSPS) is 10.8. The Hall–Kier alpha value is -1.98. The van der Waals surface area contributed by atoms with Gasteiger partial charge in [-0.15, -0.1) is 0 Å². The fourth-order valence-corrected chi connectivity index (χ4v) is 1.25. The maximum Gasteiger partial charge on any atom is 0.387 e. The molecule has 2 rings (SSSR count). The van der Waals surface area contributed by atoms with Gasteiger partial charge in [0.1, 0.15) is 17.9 Å². The lowest BCUT2D eigenvalue weighted by Crippen LogP contribution is -2.02. The summed E-state index contributed by atoms with van der Waals surface area (Å²) < 4.78 is 29.6. The smallest absolute Gasteiger partial charge is 0.387 e. The van der Waals surface area contributed by atoms with E-state index in [0.717, 1.165) is 5.69 Å². The molecule has 0 amide bonds. The lowest BCUT2D eigenvalue weighted by Gasteiger charge is -2.05. The fraction of sp³-hybridized carbons (Fsp3) is 0.200. The monoisotopic (exact) mass is 225 g/mol. The first-order valence-electron chi connectivity index (χ1n) is 4.58. The summed E-state index contributed by atoms with van der Waals surface area (Å²) in [6.07, 6.45) is 1.55. The van der Waals surface area contributed by atoms with E-state index in [1.165, 1.54) is 12.1 Å². The molecule has 16 heavy (non-hydrogen) atoms. The lowest BCUT2D eigenvalue weighted by atomic mass is 10.3. The number of alkyl halides is 2. The van der Waals surface area contributed by atoms with Gasteiger partial charge in [0, 0.05) is 0 Å². The molecule has 0 aliphatic heterocycles. The van der Waals surface area contributed by atoms with Gasteiger partial charge >= 0.3 is 6.61 Å². The van der Waals surface area contributed by atoms with E-state index >= 15 is 0 Å². The zero-order valence-corrected chi connectivity index (χ0v) is 8.47. The maximum atomic E-state index is 11.9. The zero-order chi connectivity index (χ0) is 11.5. The van der Waals surface area contributed by atoms with E-state index in [2.05, 4.69) is 14.8 Å². The molecule has 2 aromatic rings. The second kappa shape index (κ2) is 4.26. The van der Waals surface area contributed by atoms with Gasteiger partial charge in [-0.05, 0) is 31.2 Å². The third-order valence-electron chi connectivity index (χ3n) is 1.93. The molecule has 1 aromatic heterocycles. The second-order valence-corrected chi connectivity index (χ2v) is 3.11. The number of aryl methyl sites for hydroxylation is 1. The highest BCUT2D eigenvalue weighted by Gasteiger charge is 2.04. The molecule has 84 valence electrons. The SMILES string of the molecule is Cc1ncn(-c2ccc(OC(F)F)cc2)n1. The quantitative estimate of drug-likeness (QED) is 0.803. The average Bonchev–Trinajstić information content (AvgIpc) is 2.65. The molecule has 0 fully saturated rings. The van der Waals surface area contributed by atoms with E-state index in [0.29, 0.717) is 5.82 Å². The number of benzene rings is 1. The van der Waals surface area contributed by atoms with Crippen LogP contribution in [0, 0.1) is 6.92 Å². The summed E-state index contributed by atoms with van der Waals surface area (Å²) in [5.41, 5.74) is 0.738. The molecule has 0 N–H and O–H groups in total. The molecule has 0 spiro atoms. The predicted octanol–water partition coefficient (Wildman–Crippen LogP) is 2.18. The number of nitrogens with zero attached hydrogens (tertiary/aromatic N) is 3. The Bertz CT molecular complexity index is 467. The van der Waals surface area contributed by atoms with Crippen LogP contribution in [-0.2, 0) is 0 Å². The van der Waals surface area contributed by atoms with Crippen molar-refractivity contribution in [1.29, 1.82) is 0 Å². The van der Waals surface area contributed by atoms with Gasteiger partial charge < -0.3 is 4.74 Å². The van der Waals surface area contributed by atoms with Crippen molar-refractivity contribution in [1.82, 2.24) is 14.8 Å². The minimum Gasteiger partial charge on any atom is -0.435 e. The van der Waals surface area contributed by atoms with Crippen LogP contribution < -0.4 is 4.74 Å². The Morgan fingerprint density at radius 3 is 2.44 bits per heavy atom. The molecule has 0 bridgehead atoms. The van der Waals surface area contributed by atoms with Crippen LogP contribution in [0.3, 0.4) is 0 Å². The molecule has 0 radical (unpaired) electrons. The van der Waals surface area contributed by atoms with Gasteiger partial charge in [0.25, 0.3) is 0 Å². The van der Waals surface area contributed by atoms with Gasteiger partial charge in [-0.2, -0.15) is 13.9 Å². The van der Waals surface area contributed by atoms with Crippen molar-refractivity contribution >= 4 is 0 Å². The molecule has 6 heteroatoms. The van der Waals surface area contributed by atoms with Gasteiger partial charge in [0.2, 0.25) is 0 Å². The Labute approximate surface area is 90.5 Å². The van der Waals surface area contributed by atoms with E-state index in [1.807, 2.05) is 0 Å². The van der Waals surface area contributed by atoms with Crippen molar-refractivity contribution in [3.05, 3.63) is 36.4 Å². The Morgan fingerprint density at radius 1 is 1.25 bits per heavy atom. The third-order valence-corrected chi connectivity index (χ3v) is 1.93. The Kier molecular flexibility index (Phi) is 2.80.